The van der Waals surface area contributed by atoms with Gasteiger partial charge in [-0.1, -0.05) is 55.3 Å². The van der Waals surface area contributed by atoms with Crippen molar-refractivity contribution >= 4 is 39.8 Å². The van der Waals surface area contributed by atoms with Gasteiger partial charge < -0.3 is 19.4 Å². The Bertz CT molecular complexity index is 1530. The Hall–Kier alpha value is -3.43. The van der Waals surface area contributed by atoms with Crippen molar-refractivity contribution in [3.63, 3.8) is 0 Å². The highest BCUT2D eigenvalue weighted by atomic mass is 35.5. The number of likely N-dealkylation sites (tertiary alicyclic amines) is 1. The number of fused-ring (bicyclic) bond motifs is 2. The fourth-order valence-corrected chi connectivity index (χ4v) is 7.56. The smallest absolute Gasteiger partial charge is 0.318 e. The second-order valence-electron chi connectivity index (χ2n) is 12.2. The Morgan fingerprint density at radius 2 is 1.74 bits per heavy atom. The van der Waals surface area contributed by atoms with Crippen LogP contribution < -0.4 is 14.5 Å². The number of hydrogen-bond donors (Lipinski definition) is 0. The third kappa shape index (κ3) is 5.53. The first-order valence-corrected chi connectivity index (χ1v) is 15.9. The lowest BCUT2D eigenvalue weighted by Gasteiger charge is -2.44. The van der Waals surface area contributed by atoms with Gasteiger partial charge in [0, 0.05) is 68.0 Å². The fourth-order valence-electron chi connectivity index (χ4n) is 7.28. The highest BCUT2D eigenvalue weighted by Gasteiger charge is 2.36. The van der Waals surface area contributed by atoms with Gasteiger partial charge in [0.1, 0.15) is 12.4 Å². The zero-order valence-electron chi connectivity index (χ0n) is 24.5. The Balaban J connectivity index is 1.16. The van der Waals surface area contributed by atoms with E-state index < -0.39 is 11.7 Å². The quantitative estimate of drug-likeness (QED) is 0.336. The first-order valence-electron chi connectivity index (χ1n) is 15.6. The second-order valence-corrected chi connectivity index (χ2v) is 12.6. The molecule has 3 fully saturated rings. The van der Waals surface area contributed by atoms with E-state index in [9.17, 15) is 9.18 Å². The topological polar surface area (TPSA) is 65.0 Å². The molecule has 0 radical (unpaired) electrons. The molecule has 8 nitrogen and oxygen atoms in total. The summed E-state index contributed by atoms with van der Waals surface area (Å²) in [6.45, 7) is 8.26. The lowest BCUT2D eigenvalue weighted by Crippen LogP contribution is -2.55. The van der Waals surface area contributed by atoms with Crippen LogP contribution in [0.1, 0.15) is 43.4 Å². The number of carbonyl (C=O) groups excluding carboxylic acids is 1. The van der Waals surface area contributed by atoms with Crippen molar-refractivity contribution in [3.05, 3.63) is 65.1 Å². The van der Waals surface area contributed by atoms with Crippen LogP contribution >= 0.6 is 11.6 Å². The molecule has 3 aliphatic heterocycles. The van der Waals surface area contributed by atoms with Crippen LogP contribution in [-0.4, -0.2) is 83.6 Å². The van der Waals surface area contributed by atoms with Gasteiger partial charge in [0.25, 0.3) is 5.91 Å². The van der Waals surface area contributed by atoms with Crippen LogP contribution in [0.15, 0.2) is 48.8 Å². The molecule has 1 aromatic heterocycles. The van der Waals surface area contributed by atoms with Crippen molar-refractivity contribution < 1.29 is 13.9 Å². The van der Waals surface area contributed by atoms with E-state index in [1.807, 2.05) is 12.1 Å². The molecule has 0 spiro atoms. The maximum Gasteiger partial charge on any atom is 0.318 e. The molecular formula is C33H38ClFN6O2. The normalized spacial score (nSPS) is 21.2. The van der Waals surface area contributed by atoms with Crippen LogP contribution in [0, 0.1) is 0 Å². The Labute approximate surface area is 257 Å². The summed E-state index contributed by atoms with van der Waals surface area (Å²) in [6.07, 6.45) is 7.12. The number of piperazine rings is 1. The summed E-state index contributed by atoms with van der Waals surface area (Å²) >= 11 is 6.70. The molecule has 0 N–H and O–H groups in total. The molecule has 226 valence electrons. The van der Waals surface area contributed by atoms with E-state index in [4.69, 9.17) is 26.3 Å². The van der Waals surface area contributed by atoms with Crippen LogP contribution in [0.3, 0.4) is 0 Å². The van der Waals surface area contributed by atoms with Gasteiger partial charge in [0.05, 0.1) is 17.3 Å². The summed E-state index contributed by atoms with van der Waals surface area (Å²) in [5.74, 6) is -0.687. The third-order valence-electron chi connectivity index (χ3n) is 9.68. The van der Waals surface area contributed by atoms with Crippen molar-refractivity contribution in [2.45, 2.75) is 57.2 Å². The molecular weight excluding hydrogens is 567 g/mol. The molecule has 1 atom stereocenters. The Morgan fingerprint density at radius 1 is 0.977 bits per heavy atom. The number of nitrogens with zero attached hydrogens (tertiary/aromatic N) is 6. The number of halogens is 2. The predicted molar refractivity (Wildman–Crippen MR) is 168 cm³/mol. The minimum Gasteiger partial charge on any atom is -0.462 e. The van der Waals surface area contributed by atoms with Crippen LogP contribution in [0.2, 0.25) is 5.02 Å². The molecule has 4 aliphatic rings. The van der Waals surface area contributed by atoms with Crippen molar-refractivity contribution in [3.8, 4) is 6.01 Å². The molecule has 1 saturated carbocycles. The van der Waals surface area contributed by atoms with E-state index in [0.717, 1.165) is 64.5 Å². The Morgan fingerprint density at radius 3 is 2.47 bits per heavy atom. The molecule has 10 heteroatoms. The van der Waals surface area contributed by atoms with Gasteiger partial charge in [0.15, 0.2) is 5.83 Å². The molecule has 0 bridgehead atoms. The van der Waals surface area contributed by atoms with E-state index >= 15 is 0 Å². The number of benzene rings is 2. The van der Waals surface area contributed by atoms with Gasteiger partial charge >= 0.3 is 6.01 Å². The maximum absolute atomic E-state index is 13.5. The first kappa shape index (κ1) is 28.3. The number of carbonyl (C=O) groups is 1. The Kier molecular flexibility index (Phi) is 7.86. The largest absolute Gasteiger partial charge is 0.462 e. The van der Waals surface area contributed by atoms with Crippen LogP contribution in [0.25, 0.3) is 10.8 Å². The molecule has 3 aromatic rings. The molecule has 1 amide bonds. The first-order chi connectivity index (χ1) is 21.0. The fraction of sp³-hybridized carbons (Fsp3) is 0.485. The molecule has 1 aliphatic carbocycles. The van der Waals surface area contributed by atoms with Gasteiger partial charge in [-0.05, 0) is 43.2 Å². The summed E-state index contributed by atoms with van der Waals surface area (Å²) in [5.41, 5.74) is 3.16. The number of aromatic nitrogens is 2. The van der Waals surface area contributed by atoms with Crippen molar-refractivity contribution in [2.75, 3.05) is 55.7 Å². The number of ether oxygens (including phenoxy) is 1. The number of anilines is 2. The van der Waals surface area contributed by atoms with E-state index in [2.05, 4.69) is 45.5 Å². The van der Waals surface area contributed by atoms with E-state index in [1.54, 1.807) is 0 Å². The summed E-state index contributed by atoms with van der Waals surface area (Å²) in [6, 6.07) is 13.8. The molecule has 7 rings (SSSR count). The summed E-state index contributed by atoms with van der Waals surface area (Å²) in [7, 11) is 0. The molecule has 2 aromatic carbocycles. The van der Waals surface area contributed by atoms with Crippen molar-refractivity contribution in [1.82, 2.24) is 19.8 Å². The van der Waals surface area contributed by atoms with Gasteiger partial charge in [0.2, 0.25) is 0 Å². The molecule has 2 saturated heterocycles. The van der Waals surface area contributed by atoms with Crippen LogP contribution in [0.5, 0.6) is 6.01 Å². The number of rotatable bonds is 7. The highest BCUT2D eigenvalue weighted by molar-refractivity contribution is 6.36. The monoisotopic (exact) mass is 604 g/mol. The van der Waals surface area contributed by atoms with E-state index in [1.165, 1.54) is 30.6 Å². The van der Waals surface area contributed by atoms with Gasteiger partial charge in [-0.2, -0.15) is 9.97 Å². The standard InChI is InChI=1S/C33H38ClFN6O2/c1-22(35)32(42)39-18-16-38(17-19-39)31-26-13-14-40(29-11-5-7-23-6-4-10-27(34)30(23)29)20-28(26)36-33(37-31)43-21-25-12-15-41(25)24-8-2-3-9-24/h4-7,10-11,24-25H,1-3,8-9,12-21H2. The zero-order valence-corrected chi connectivity index (χ0v) is 25.2. The van der Waals surface area contributed by atoms with Gasteiger partial charge in [-0.15, -0.1) is 0 Å². The third-order valence-corrected chi connectivity index (χ3v) is 10.00. The zero-order chi connectivity index (χ0) is 29.5. The SMILES string of the molecule is C=C(F)C(=O)N1CCN(c2nc(OCC3CCN3C3CCCC3)nc3c2CCN(c2cccc4cccc(Cl)c24)C3)CC1. The maximum atomic E-state index is 13.5. The van der Waals surface area contributed by atoms with Gasteiger partial charge in [-0.25, -0.2) is 4.39 Å². The minimum atomic E-state index is -0.917. The average Bonchev–Trinajstić information content (AvgIpc) is 3.53. The summed E-state index contributed by atoms with van der Waals surface area (Å²) in [5, 5.41) is 2.90. The summed E-state index contributed by atoms with van der Waals surface area (Å²) < 4.78 is 19.9. The van der Waals surface area contributed by atoms with Gasteiger partial charge in [-0.3, -0.25) is 9.69 Å². The molecule has 1 unspecified atom stereocenters. The minimum absolute atomic E-state index is 0.403. The van der Waals surface area contributed by atoms with Crippen molar-refractivity contribution in [1.29, 1.82) is 0 Å². The predicted octanol–water partition coefficient (Wildman–Crippen LogP) is 5.37. The molecule has 4 heterocycles. The molecule has 43 heavy (non-hydrogen) atoms. The average molecular weight is 605 g/mol. The van der Waals surface area contributed by atoms with E-state index in [0.29, 0.717) is 57.4 Å². The summed E-state index contributed by atoms with van der Waals surface area (Å²) in [4.78, 5) is 30.8. The lowest BCUT2D eigenvalue weighted by atomic mass is 9.99. The van der Waals surface area contributed by atoms with Crippen molar-refractivity contribution in [2.24, 2.45) is 0 Å². The highest BCUT2D eigenvalue weighted by Crippen LogP contribution is 2.37. The second kappa shape index (κ2) is 11.9. The number of hydrogen-bond acceptors (Lipinski definition) is 7. The van der Waals surface area contributed by atoms with Crippen LogP contribution in [-0.2, 0) is 17.8 Å². The van der Waals surface area contributed by atoms with E-state index in [-0.39, 0.29) is 0 Å². The number of amides is 1. The van der Waals surface area contributed by atoms with Crippen LogP contribution in [0.4, 0.5) is 15.9 Å². The lowest BCUT2D eigenvalue weighted by molar-refractivity contribution is -0.128.